The first kappa shape index (κ1) is 46.2. The fraction of sp³-hybridized carbons (Fsp3) is 0.269. The van der Waals surface area contributed by atoms with Crippen molar-refractivity contribution < 1.29 is 15.1 Å². The summed E-state index contributed by atoms with van der Waals surface area (Å²) in [7, 11) is 0. The number of aliphatic hydroxyl groups is 2. The third-order valence-corrected chi connectivity index (χ3v) is 12.7. The Morgan fingerprint density at radius 3 is 1.91 bits per heavy atom. The number of hydrogen-bond acceptors (Lipinski definition) is 14. The second-order valence-corrected chi connectivity index (χ2v) is 17.1. The van der Waals surface area contributed by atoms with Crippen LogP contribution in [0.1, 0.15) is 22.4 Å². The highest BCUT2D eigenvalue weighted by Crippen LogP contribution is 2.36. The van der Waals surface area contributed by atoms with E-state index in [9.17, 15) is 10.1 Å². The molecule has 17 heteroatoms. The number of nitrogens with zero attached hydrogens (tertiary/aromatic N) is 11. The standard InChI is InChI=1S/C27H27N5O.C19H22N6O3.C6H4N2/c33-14-13-31-9-11-32(12-10-31)22-5-7-24-21(16-22)17-26(29-24)19-4-6-23-20(15-19)18-27(30-23)25-3-1-2-8-28-25;20-15-3-1-13(11-18(15)25(27)28)19-21-16-4-2-14(12-17(16)22-19)24-7-5-23(6-8-24)9-10-26;1-7-6-4-2-3-5-8-6/h1-8,15-16,33H,9-14,17-18H2;1-4,11-12,26H,5-10,20H2,(H,21,22);2-5H. The van der Waals surface area contributed by atoms with Crippen LogP contribution in [-0.2, 0) is 12.8 Å². The molecule has 0 radical (unpaired) electrons. The van der Waals surface area contributed by atoms with E-state index in [1.807, 2.05) is 36.5 Å². The van der Waals surface area contributed by atoms with Gasteiger partial charge in [-0.2, -0.15) is 0 Å². The summed E-state index contributed by atoms with van der Waals surface area (Å²) in [6, 6.07) is 35.1. The molecule has 7 heterocycles. The number of piperazine rings is 2. The first-order valence-electron chi connectivity index (χ1n) is 23.1. The molecule has 0 amide bonds. The normalized spacial score (nSPS) is 15.5. The van der Waals surface area contributed by atoms with Crippen molar-refractivity contribution in [2.45, 2.75) is 12.8 Å². The molecule has 350 valence electrons. The highest BCUT2D eigenvalue weighted by Gasteiger charge is 2.24. The molecule has 2 fully saturated rings. The van der Waals surface area contributed by atoms with E-state index in [-0.39, 0.29) is 24.6 Å². The second-order valence-electron chi connectivity index (χ2n) is 17.1. The number of hydrogen-bond donors (Lipinski definition) is 4. The number of nitro benzene ring substituents is 1. The number of aliphatic hydroxyl groups excluding tert-OH is 2. The van der Waals surface area contributed by atoms with Gasteiger partial charge in [0, 0.05) is 107 Å². The molecule has 4 aromatic carbocycles. The van der Waals surface area contributed by atoms with Crippen LogP contribution in [0.15, 0.2) is 132 Å². The van der Waals surface area contributed by atoms with Gasteiger partial charge in [-0.15, -0.1) is 4.98 Å². The number of aromatic amines is 1. The summed E-state index contributed by atoms with van der Waals surface area (Å²) in [5.41, 5.74) is 19.3. The lowest BCUT2D eigenvalue weighted by Crippen LogP contribution is -2.47. The van der Waals surface area contributed by atoms with Crippen molar-refractivity contribution >= 4 is 62.4 Å². The van der Waals surface area contributed by atoms with Gasteiger partial charge >= 0.3 is 0 Å². The van der Waals surface area contributed by atoms with Crippen molar-refractivity contribution in [2.24, 2.45) is 9.98 Å². The minimum absolute atomic E-state index is 0.126. The fourth-order valence-corrected chi connectivity index (χ4v) is 8.96. The number of aromatic nitrogens is 4. The molecule has 0 unspecified atom stereocenters. The molecular weight excluding hydrogens is 871 g/mol. The molecule has 4 aliphatic heterocycles. The van der Waals surface area contributed by atoms with Crippen molar-refractivity contribution in [3.63, 3.8) is 0 Å². The highest BCUT2D eigenvalue weighted by molar-refractivity contribution is 6.09. The molecular formula is C52H53N13O4. The maximum atomic E-state index is 11.1. The van der Waals surface area contributed by atoms with Crippen LogP contribution in [0.4, 0.5) is 39.9 Å². The Morgan fingerprint density at radius 1 is 0.681 bits per heavy atom. The molecule has 4 aliphatic rings. The number of benzene rings is 4. The van der Waals surface area contributed by atoms with Gasteiger partial charge in [0.1, 0.15) is 17.7 Å². The summed E-state index contributed by atoms with van der Waals surface area (Å²) in [5.74, 6) is 1.02. The van der Waals surface area contributed by atoms with E-state index in [1.165, 1.54) is 34.5 Å². The minimum Gasteiger partial charge on any atom is -0.395 e. The van der Waals surface area contributed by atoms with E-state index in [4.69, 9.17) is 32.5 Å². The summed E-state index contributed by atoms with van der Waals surface area (Å²) >= 11 is 0. The monoisotopic (exact) mass is 923 g/mol. The summed E-state index contributed by atoms with van der Waals surface area (Å²) < 4.78 is 0. The number of rotatable bonds is 10. The summed E-state index contributed by atoms with van der Waals surface area (Å²) in [4.78, 5) is 48.9. The van der Waals surface area contributed by atoms with Crippen molar-refractivity contribution in [3.05, 3.63) is 166 Å². The molecule has 2 saturated heterocycles. The van der Waals surface area contributed by atoms with Crippen molar-refractivity contribution in [2.75, 3.05) is 94.2 Å². The van der Waals surface area contributed by atoms with E-state index in [1.54, 1.807) is 30.5 Å². The van der Waals surface area contributed by atoms with Gasteiger partial charge in [0.15, 0.2) is 0 Å². The molecule has 11 rings (SSSR count). The molecule has 0 bridgehead atoms. The number of H-pyrrole nitrogens is 1. The lowest BCUT2D eigenvalue weighted by Gasteiger charge is -2.36. The molecule has 69 heavy (non-hydrogen) atoms. The fourth-order valence-electron chi connectivity index (χ4n) is 8.96. The average Bonchev–Trinajstić information content (AvgIpc) is 4.15. The predicted molar refractivity (Wildman–Crippen MR) is 271 cm³/mol. The van der Waals surface area contributed by atoms with E-state index >= 15 is 0 Å². The maximum Gasteiger partial charge on any atom is 0.292 e. The van der Waals surface area contributed by atoms with Crippen LogP contribution in [0.3, 0.4) is 0 Å². The van der Waals surface area contributed by atoms with Gasteiger partial charge in [0.2, 0.25) is 0 Å². The van der Waals surface area contributed by atoms with Crippen molar-refractivity contribution in [3.8, 4) is 11.4 Å². The second kappa shape index (κ2) is 21.4. The van der Waals surface area contributed by atoms with Gasteiger partial charge in [-0.05, 0) is 102 Å². The molecule has 0 spiro atoms. The van der Waals surface area contributed by atoms with E-state index in [0.717, 1.165) is 117 Å². The summed E-state index contributed by atoms with van der Waals surface area (Å²) in [6.45, 7) is 16.0. The van der Waals surface area contributed by atoms with E-state index < -0.39 is 4.92 Å². The number of nitrogens with one attached hydrogen (secondary N) is 1. The van der Waals surface area contributed by atoms with Crippen LogP contribution >= 0.6 is 0 Å². The van der Waals surface area contributed by atoms with Gasteiger partial charge < -0.3 is 35.6 Å². The molecule has 0 saturated carbocycles. The SMILES string of the molecule is Nc1ccc(-c2nc3ccc(N4CCN(CCO)CC4)cc3[nH]2)cc1[N+](=O)[O-].OCCN1CCN(c2ccc3c(c2)CC(c2ccc4c(c2)CC(c2ccccn2)=N4)=N3)CC1.[C-]#[N+]c1ccccn1. The number of β-amino-alcohol motifs (C(OH)–C–C–N with tert-alkyl or cyclic N) is 2. The number of aliphatic imine (C=N–C) groups is 2. The topological polar surface area (TPSA) is 206 Å². The Hall–Kier alpha value is -7.88. The third kappa shape index (κ3) is 11.0. The number of imidazole rings is 1. The number of nitrogen functional groups attached to an aromatic ring is 1. The smallest absolute Gasteiger partial charge is 0.292 e. The van der Waals surface area contributed by atoms with E-state index in [0.29, 0.717) is 23.8 Å². The quantitative estimate of drug-likeness (QED) is 0.0473. The molecule has 7 aromatic rings. The number of nitro groups is 1. The zero-order valence-electron chi connectivity index (χ0n) is 38.2. The Balaban J connectivity index is 0.000000150. The number of fused-ring (bicyclic) bond motifs is 3. The van der Waals surface area contributed by atoms with E-state index in [2.05, 4.69) is 86.8 Å². The number of anilines is 3. The lowest BCUT2D eigenvalue weighted by atomic mass is 9.99. The van der Waals surface area contributed by atoms with Gasteiger partial charge in [-0.25, -0.2) is 4.98 Å². The summed E-state index contributed by atoms with van der Waals surface area (Å²) in [5, 5.41) is 29.4. The molecule has 0 aliphatic carbocycles. The Bertz CT molecular complexity index is 3030. The number of nitrogens with two attached hydrogens (primary N) is 1. The van der Waals surface area contributed by atoms with Gasteiger partial charge in [0.05, 0.1) is 57.7 Å². The van der Waals surface area contributed by atoms with Crippen molar-refractivity contribution in [1.29, 1.82) is 0 Å². The summed E-state index contributed by atoms with van der Waals surface area (Å²) in [6.07, 6.45) is 5.10. The third-order valence-electron chi connectivity index (χ3n) is 12.7. The first-order chi connectivity index (χ1) is 33.7. The Morgan fingerprint density at radius 2 is 1.29 bits per heavy atom. The molecule has 17 nitrogen and oxygen atoms in total. The van der Waals surface area contributed by atoms with Crippen LogP contribution in [0.5, 0.6) is 0 Å². The Kier molecular flexibility index (Phi) is 14.3. The van der Waals surface area contributed by atoms with Crippen LogP contribution < -0.4 is 15.5 Å². The van der Waals surface area contributed by atoms with Gasteiger partial charge in [-0.3, -0.25) is 34.9 Å². The van der Waals surface area contributed by atoms with Crippen molar-refractivity contribution in [1.82, 2.24) is 29.7 Å². The minimum atomic E-state index is -0.490. The molecule has 0 atom stereocenters. The van der Waals surface area contributed by atoms with Crippen LogP contribution in [0.25, 0.3) is 27.3 Å². The predicted octanol–water partition coefficient (Wildman–Crippen LogP) is 7.02. The zero-order valence-corrected chi connectivity index (χ0v) is 38.2. The van der Waals surface area contributed by atoms with Gasteiger partial charge in [-0.1, -0.05) is 24.8 Å². The van der Waals surface area contributed by atoms with Crippen LogP contribution in [0.2, 0.25) is 0 Å². The lowest BCUT2D eigenvalue weighted by molar-refractivity contribution is -0.383. The van der Waals surface area contributed by atoms with Gasteiger partial charge in [0.25, 0.3) is 11.5 Å². The average molecular weight is 924 g/mol. The largest absolute Gasteiger partial charge is 0.395 e. The van der Waals surface area contributed by atoms with Crippen LogP contribution in [0, 0.1) is 16.7 Å². The number of pyridine rings is 2. The van der Waals surface area contributed by atoms with Crippen LogP contribution in [-0.4, -0.2) is 135 Å². The zero-order chi connectivity index (χ0) is 47.7. The Labute approximate surface area is 399 Å². The first-order valence-corrected chi connectivity index (χ1v) is 23.1. The molecule has 5 N–H and O–H groups in total. The molecule has 3 aromatic heterocycles. The highest BCUT2D eigenvalue weighted by atomic mass is 16.6. The maximum absolute atomic E-state index is 11.1.